The third-order valence-electron chi connectivity index (χ3n) is 5.40. The number of hydrogen-bond donors (Lipinski definition) is 3. The highest BCUT2D eigenvalue weighted by molar-refractivity contribution is 5.53. The van der Waals surface area contributed by atoms with Crippen LogP contribution in [0.2, 0.25) is 0 Å². The lowest BCUT2D eigenvalue weighted by Crippen LogP contribution is -2.26. The predicted octanol–water partition coefficient (Wildman–Crippen LogP) is 2.59. The van der Waals surface area contributed by atoms with Gasteiger partial charge < -0.3 is 15.5 Å². The van der Waals surface area contributed by atoms with E-state index < -0.39 is 6.17 Å². The number of rotatable bonds is 6. The predicted molar refractivity (Wildman–Crippen MR) is 99.6 cm³/mol. The molecule has 0 bridgehead atoms. The van der Waals surface area contributed by atoms with Crippen LogP contribution in [0.4, 0.5) is 22.0 Å². The van der Waals surface area contributed by atoms with Gasteiger partial charge in [0.1, 0.15) is 12.0 Å². The number of nitrogens with zero attached hydrogens (tertiary/aromatic N) is 4. The summed E-state index contributed by atoms with van der Waals surface area (Å²) in [6.45, 7) is 1.62. The summed E-state index contributed by atoms with van der Waals surface area (Å²) in [5.41, 5.74) is 1.19. The van der Waals surface area contributed by atoms with Crippen LogP contribution in [0.15, 0.2) is 18.3 Å². The van der Waals surface area contributed by atoms with E-state index in [0.717, 1.165) is 5.82 Å². The van der Waals surface area contributed by atoms with Crippen LogP contribution < -0.4 is 15.5 Å². The zero-order chi connectivity index (χ0) is 17.9. The van der Waals surface area contributed by atoms with Gasteiger partial charge in [0, 0.05) is 42.9 Å². The van der Waals surface area contributed by atoms with Gasteiger partial charge in [-0.1, -0.05) is 12.8 Å². The second-order valence-electron chi connectivity index (χ2n) is 7.30. The summed E-state index contributed by atoms with van der Waals surface area (Å²) in [6, 6.07) is 3.87. The Kier molecular flexibility index (Phi) is 5.01. The fraction of sp³-hybridized carbons (Fsp3) is 0.611. The first-order valence-electron chi connectivity index (χ1n) is 9.42. The summed E-state index contributed by atoms with van der Waals surface area (Å²) >= 11 is 0. The maximum atomic E-state index is 14.1. The molecular weight excluding hydrogens is 333 g/mol. The standard InChI is InChI=1S/C18H26FN7/c1-20-9-13-10-26(11-14(13)19)18-21-7-6-16(23-18)22-17-8-15(24-25-17)12-4-2-3-5-12/h6-8,12-14,20H,2-5,9-11H2,1H3,(H2,21,22,23,24,25)/t13-,14+/m0/s1. The molecule has 3 heterocycles. The van der Waals surface area contributed by atoms with Gasteiger partial charge in [0.15, 0.2) is 5.82 Å². The quantitative estimate of drug-likeness (QED) is 0.735. The molecule has 1 saturated carbocycles. The Morgan fingerprint density at radius 2 is 2.12 bits per heavy atom. The van der Waals surface area contributed by atoms with Crippen molar-refractivity contribution >= 4 is 17.6 Å². The summed E-state index contributed by atoms with van der Waals surface area (Å²) in [5, 5.41) is 13.8. The first-order chi connectivity index (χ1) is 12.7. The lowest BCUT2D eigenvalue weighted by Gasteiger charge is -2.16. The molecule has 0 radical (unpaired) electrons. The summed E-state index contributed by atoms with van der Waals surface area (Å²) < 4.78 is 14.1. The van der Waals surface area contributed by atoms with E-state index in [1.165, 1.54) is 31.4 Å². The number of nitrogens with one attached hydrogen (secondary N) is 3. The van der Waals surface area contributed by atoms with Crippen LogP contribution in [-0.2, 0) is 0 Å². The van der Waals surface area contributed by atoms with Crippen LogP contribution in [0.1, 0.15) is 37.3 Å². The number of aromatic nitrogens is 4. The Morgan fingerprint density at radius 1 is 1.27 bits per heavy atom. The van der Waals surface area contributed by atoms with E-state index in [4.69, 9.17) is 0 Å². The number of hydrogen-bond acceptors (Lipinski definition) is 6. The molecule has 0 unspecified atom stereocenters. The monoisotopic (exact) mass is 359 g/mol. The second-order valence-corrected chi connectivity index (χ2v) is 7.30. The van der Waals surface area contributed by atoms with Crippen LogP contribution in [0.3, 0.4) is 0 Å². The number of aromatic amines is 1. The Labute approximate surface area is 152 Å². The van der Waals surface area contributed by atoms with E-state index in [9.17, 15) is 4.39 Å². The summed E-state index contributed by atoms with van der Waals surface area (Å²) in [7, 11) is 1.85. The van der Waals surface area contributed by atoms with Crippen LogP contribution in [0, 0.1) is 5.92 Å². The minimum atomic E-state index is -0.858. The molecule has 1 aliphatic carbocycles. The number of anilines is 3. The highest BCUT2D eigenvalue weighted by Crippen LogP contribution is 2.34. The Balaban J connectivity index is 1.43. The maximum absolute atomic E-state index is 14.1. The van der Waals surface area contributed by atoms with E-state index in [1.54, 1.807) is 6.20 Å². The summed E-state index contributed by atoms with van der Waals surface area (Å²) in [4.78, 5) is 10.8. The second kappa shape index (κ2) is 7.57. The first-order valence-corrected chi connectivity index (χ1v) is 9.42. The van der Waals surface area contributed by atoms with E-state index in [-0.39, 0.29) is 5.92 Å². The minimum absolute atomic E-state index is 0.0273. The lowest BCUT2D eigenvalue weighted by molar-refractivity contribution is 0.280. The van der Waals surface area contributed by atoms with Crippen molar-refractivity contribution in [2.24, 2.45) is 5.92 Å². The molecule has 1 saturated heterocycles. The average molecular weight is 359 g/mol. The van der Waals surface area contributed by atoms with Gasteiger partial charge in [0.05, 0.1) is 6.54 Å². The zero-order valence-corrected chi connectivity index (χ0v) is 15.1. The van der Waals surface area contributed by atoms with Crippen molar-refractivity contribution < 1.29 is 4.39 Å². The molecule has 4 rings (SSSR count). The van der Waals surface area contributed by atoms with E-state index in [0.29, 0.717) is 37.3 Å². The third-order valence-corrected chi connectivity index (χ3v) is 5.40. The molecule has 0 spiro atoms. The van der Waals surface area contributed by atoms with Gasteiger partial charge in [-0.05, 0) is 26.0 Å². The number of H-pyrrole nitrogens is 1. The van der Waals surface area contributed by atoms with Crippen molar-refractivity contribution in [3.8, 4) is 0 Å². The van der Waals surface area contributed by atoms with Crippen molar-refractivity contribution in [3.05, 3.63) is 24.0 Å². The van der Waals surface area contributed by atoms with Gasteiger partial charge in [-0.2, -0.15) is 10.1 Å². The van der Waals surface area contributed by atoms with Crippen molar-refractivity contribution in [1.82, 2.24) is 25.5 Å². The minimum Gasteiger partial charge on any atom is -0.337 e. The highest BCUT2D eigenvalue weighted by Gasteiger charge is 2.33. The first kappa shape index (κ1) is 17.2. The molecule has 26 heavy (non-hydrogen) atoms. The van der Waals surface area contributed by atoms with E-state index >= 15 is 0 Å². The molecule has 2 aromatic rings. The molecule has 3 N–H and O–H groups in total. The van der Waals surface area contributed by atoms with E-state index in [1.807, 2.05) is 18.0 Å². The van der Waals surface area contributed by atoms with Crippen molar-refractivity contribution in [2.45, 2.75) is 37.8 Å². The molecule has 7 nitrogen and oxygen atoms in total. The molecular formula is C18H26FN7. The molecule has 8 heteroatoms. The van der Waals surface area contributed by atoms with Gasteiger partial charge in [0.25, 0.3) is 0 Å². The van der Waals surface area contributed by atoms with Crippen LogP contribution >= 0.6 is 0 Å². The summed E-state index contributed by atoms with van der Waals surface area (Å²) in [5.74, 6) is 2.55. The van der Waals surface area contributed by atoms with Gasteiger partial charge >= 0.3 is 0 Å². The van der Waals surface area contributed by atoms with Gasteiger partial charge in [-0.3, -0.25) is 5.10 Å². The fourth-order valence-corrected chi connectivity index (χ4v) is 4.00. The normalized spacial score (nSPS) is 23.7. The van der Waals surface area contributed by atoms with Gasteiger partial charge in [0.2, 0.25) is 5.95 Å². The van der Waals surface area contributed by atoms with Crippen molar-refractivity contribution in [2.75, 3.05) is 36.9 Å². The van der Waals surface area contributed by atoms with Crippen molar-refractivity contribution in [1.29, 1.82) is 0 Å². The van der Waals surface area contributed by atoms with Gasteiger partial charge in [-0.25, -0.2) is 9.37 Å². The molecule has 2 atom stereocenters. The average Bonchev–Trinajstić information content (AvgIpc) is 3.37. The lowest BCUT2D eigenvalue weighted by atomic mass is 10.0. The number of alkyl halides is 1. The summed E-state index contributed by atoms with van der Waals surface area (Å²) in [6.07, 6.45) is 5.89. The third kappa shape index (κ3) is 3.65. The number of halogens is 1. The molecule has 2 fully saturated rings. The topological polar surface area (TPSA) is 81.8 Å². The van der Waals surface area contributed by atoms with Crippen LogP contribution in [-0.4, -0.2) is 53.0 Å². The Hall–Kier alpha value is -2.22. The Bertz CT molecular complexity index is 728. The van der Waals surface area contributed by atoms with Gasteiger partial charge in [-0.15, -0.1) is 0 Å². The SMILES string of the molecule is CNC[C@H]1CN(c2nccc(Nc3cc(C4CCCC4)[nH]n3)n2)C[C@H]1F. The zero-order valence-electron chi connectivity index (χ0n) is 15.1. The Morgan fingerprint density at radius 3 is 2.92 bits per heavy atom. The molecule has 140 valence electrons. The molecule has 0 amide bonds. The van der Waals surface area contributed by atoms with E-state index in [2.05, 4.69) is 36.9 Å². The molecule has 2 aliphatic rings. The van der Waals surface area contributed by atoms with Crippen LogP contribution in [0.25, 0.3) is 0 Å². The maximum Gasteiger partial charge on any atom is 0.227 e. The fourth-order valence-electron chi connectivity index (χ4n) is 4.00. The van der Waals surface area contributed by atoms with Crippen molar-refractivity contribution in [3.63, 3.8) is 0 Å². The molecule has 1 aliphatic heterocycles. The smallest absolute Gasteiger partial charge is 0.227 e. The largest absolute Gasteiger partial charge is 0.337 e. The highest BCUT2D eigenvalue weighted by atomic mass is 19.1. The molecule has 0 aromatic carbocycles. The van der Waals surface area contributed by atoms with Crippen LogP contribution in [0.5, 0.6) is 0 Å². The molecule has 2 aromatic heterocycles.